The zero-order valence-corrected chi connectivity index (χ0v) is 14.5. The molecule has 0 atom stereocenters. The van der Waals surface area contributed by atoms with Crippen LogP contribution in [0.4, 0.5) is 0 Å². The first-order valence-corrected chi connectivity index (χ1v) is 8.93. The Morgan fingerprint density at radius 1 is 1.15 bits per heavy atom. The van der Waals surface area contributed by atoms with Crippen molar-refractivity contribution in [3.05, 3.63) is 71.9 Å². The van der Waals surface area contributed by atoms with E-state index in [1.807, 2.05) is 53.1 Å². The lowest BCUT2D eigenvalue weighted by atomic mass is 10.1. The minimum absolute atomic E-state index is 0.147. The van der Waals surface area contributed by atoms with E-state index in [-0.39, 0.29) is 5.91 Å². The Morgan fingerprint density at radius 2 is 2.04 bits per heavy atom. The molecule has 3 heterocycles. The Kier molecular flexibility index (Phi) is 4.61. The summed E-state index contributed by atoms with van der Waals surface area (Å²) in [5.74, 6) is 1.15. The molecular formula is C17H15N7OS. The average molecular weight is 365 g/mol. The standard InChI is InChI=1S/C17H15N7OS/c25-16(18-9-15-22-21-14-7-3-4-8-24(14)15)13-6-2-1-5-12(13)10-26-17-19-11-20-23-17/h1-8,11H,9-10H2,(H,18,25)(H,19,20,23). The summed E-state index contributed by atoms with van der Waals surface area (Å²) in [5.41, 5.74) is 2.31. The van der Waals surface area contributed by atoms with Crippen LogP contribution in [-0.4, -0.2) is 35.7 Å². The van der Waals surface area contributed by atoms with Gasteiger partial charge in [-0.3, -0.25) is 14.3 Å². The van der Waals surface area contributed by atoms with E-state index in [0.717, 1.165) is 16.4 Å². The number of nitrogens with zero attached hydrogens (tertiary/aromatic N) is 5. The number of H-pyrrole nitrogens is 1. The van der Waals surface area contributed by atoms with Crippen LogP contribution in [0.3, 0.4) is 0 Å². The molecule has 4 rings (SSSR count). The largest absolute Gasteiger partial charge is 0.345 e. The summed E-state index contributed by atoms with van der Waals surface area (Å²) in [6.07, 6.45) is 3.34. The minimum atomic E-state index is -0.147. The number of carbonyl (C=O) groups excluding carboxylic acids is 1. The Labute approximate surface area is 153 Å². The van der Waals surface area contributed by atoms with Gasteiger partial charge in [0.2, 0.25) is 0 Å². The molecule has 26 heavy (non-hydrogen) atoms. The second-order valence-corrected chi connectivity index (χ2v) is 6.43. The number of amides is 1. The van der Waals surface area contributed by atoms with E-state index < -0.39 is 0 Å². The summed E-state index contributed by atoms with van der Waals surface area (Å²) < 4.78 is 1.85. The van der Waals surface area contributed by atoms with Crippen molar-refractivity contribution in [2.75, 3.05) is 0 Å². The van der Waals surface area contributed by atoms with Gasteiger partial charge >= 0.3 is 0 Å². The van der Waals surface area contributed by atoms with Gasteiger partial charge in [0.05, 0.1) is 6.54 Å². The number of fused-ring (bicyclic) bond motifs is 1. The fourth-order valence-electron chi connectivity index (χ4n) is 2.54. The molecule has 0 aliphatic rings. The van der Waals surface area contributed by atoms with Crippen LogP contribution < -0.4 is 5.32 Å². The first-order valence-electron chi connectivity index (χ1n) is 7.94. The monoisotopic (exact) mass is 365 g/mol. The van der Waals surface area contributed by atoms with E-state index in [9.17, 15) is 4.79 Å². The number of hydrogen-bond donors (Lipinski definition) is 2. The molecule has 0 saturated carbocycles. The summed E-state index contributed by atoms with van der Waals surface area (Å²) in [5, 5.41) is 18.5. The molecule has 1 aromatic carbocycles. The average Bonchev–Trinajstić information content (AvgIpc) is 3.34. The number of rotatable bonds is 6. The zero-order chi connectivity index (χ0) is 17.8. The van der Waals surface area contributed by atoms with Crippen molar-refractivity contribution in [1.29, 1.82) is 0 Å². The summed E-state index contributed by atoms with van der Waals surface area (Å²) in [7, 11) is 0. The predicted octanol–water partition coefficient (Wildman–Crippen LogP) is 2.07. The van der Waals surface area contributed by atoms with Gasteiger partial charge in [-0.2, -0.15) is 5.10 Å². The van der Waals surface area contributed by atoms with Gasteiger partial charge in [-0.25, -0.2) is 4.98 Å². The van der Waals surface area contributed by atoms with Crippen LogP contribution in [-0.2, 0) is 12.3 Å². The van der Waals surface area contributed by atoms with Crippen LogP contribution in [0.1, 0.15) is 21.7 Å². The molecular weight excluding hydrogens is 350 g/mol. The number of pyridine rings is 1. The highest BCUT2D eigenvalue weighted by Crippen LogP contribution is 2.21. The quantitative estimate of drug-likeness (QED) is 0.507. The highest BCUT2D eigenvalue weighted by atomic mass is 32.2. The molecule has 3 aromatic heterocycles. The van der Waals surface area contributed by atoms with Crippen molar-refractivity contribution in [2.45, 2.75) is 17.5 Å². The number of carbonyl (C=O) groups is 1. The lowest BCUT2D eigenvalue weighted by Gasteiger charge is -2.09. The normalized spacial score (nSPS) is 10.9. The van der Waals surface area contributed by atoms with Crippen molar-refractivity contribution >= 4 is 23.3 Å². The van der Waals surface area contributed by atoms with Crippen molar-refractivity contribution in [2.24, 2.45) is 0 Å². The van der Waals surface area contributed by atoms with Crippen molar-refractivity contribution in [1.82, 2.24) is 35.1 Å². The van der Waals surface area contributed by atoms with Gasteiger partial charge in [0, 0.05) is 17.5 Å². The first kappa shape index (κ1) is 16.3. The second kappa shape index (κ2) is 7.36. The summed E-state index contributed by atoms with van der Waals surface area (Å²) >= 11 is 1.49. The lowest BCUT2D eigenvalue weighted by Crippen LogP contribution is -2.25. The van der Waals surface area contributed by atoms with Gasteiger partial charge in [0.25, 0.3) is 5.91 Å². The molecule has 4 aromatic rings. The maximum Gasteiger partial charge on any atom is 0.251 e. The Balaban J connectivity index is 1.46. The molecule has 130 valence electrons. The van der Waals surface area contributed by atoms with Crippen molar-refractivity contribution in [3.8, 4) is 0 Å². The van der Waals surface area contributed by atoms with Crippen LogP contribution in [0.15, 0.2) is 60.1 Å². The van der Waals surface area contributed by atoms with Crippen molar-refractivity contribution < 1.29 is 4.79 Å². The molecule has 0 fully saturated rings. The fourth-order valence-corrected chi connectivity index (χ4v) is 3.33. The predicted molar refractivity (Wildman–Crippen MR) is 96.5 cm³/mol. The Hall–Kier alpha value is -3.20. The Bertz CT molecular complexity index is 1030. The molecule has 0 spiro atoms. The highest BCUT2D eigenvalue weighted by Gasteiger charge is 2.13. The number of aromatic amines is 1. The van der Waals surface area contributed by atoms with Gasteiger partial charge in [-0.05, 0) is 23.8 Å². The van der Waals surface area contributed by atoms with E-state index in [1.165, 1.54) is 18.1 Å². The third kappa shape index (κ3) is 3.42. The van der Waals surface area contributed by atoms with Gasteiger partial charge in [-0.1, -0.05) is 36.0 Å². The van der Waals surface area contributed by atoms with Crippen molar-refractivity contribution in [3.63, 3.8) is 0 Å². The molecule has 0 unspecified atom stereocenters. The number of aromatic nitrogens is 6. The molecule has 0 saturated heterocycles. The van der Waals surface area contributed by atoms with Gasteiger partial charge < -0.3 is 5.32 Å². The van der Waals surface area contributed by atoms with E-state index in [1.54, 1.807) is 0 Å². The third-order valence-corrected chi connectivity index (χ3v) is 4.74. The lowest BCUT2D eigenvalue weighted by molar-refractivity contribution is 0.0949. The van der Waals surface area contributed by atoms with E-state index in [2.05, 4.69) is 30.7 Å². The molecule has 8 nitrogen and oxygen atoms in total. The molecule has 1 amide bonds. The number of nitrogens with one attached hydrogen (secondary N) is 2. The summed E-state index contributed by atoms with van der Waals surface area (Å²) in [6, 6.07) is 13.2. The zero-order valence-electron chi connectivity index (χ0n) is 13.7. The number of hydrogen-bond acceptors (Lipinski definition) is 6. The van der Waals surface area contributed by atoms with Crippen LogP contribution >= 0.6 is 11.8 Å². The van der Waals surface area contributed by atoms with Gasteiger partial charge in [0.1, 0.15) is 6.33 Å². The molecule has 0 aliphatic heterocycles. The van der Waals surface area contributed by atoms with Crippen LogP contribution in [0.2, 0.25) is 0 Å². The topological polar surface area (TPSA) is 101 Å². The maximum absolute atomic E-state index is 12.6. The van der Waals surface area contributed by atoms with E-state index >= 15 is 0 Å². The van der Waals surface area contributed by atoms with Crippen LogP contribution in [0, 0.1) is 0 Å². The molecule has 0 radical (unpaired) electrons. The molecule has 0 aliphatic carbocycles. The van der Waals surface area contributed by atoms with Crippen LogP contribution in [0.5, 0.6) is 0 Å². The summed E-state index contributed by atoms with van der Waals surface area (Å²) in [6.45, 7) is 0.299. The first-order chi connectivity index (χ1) is 12.8. The molecule has 0 bridgehead atoms. The minimum Gasteiger partial charge on any atom is -0.345 e. The van der Waals surface area contributed by atoms with E-state index in [0.29, 0.717) is 23.7 Å². The fraction of sp³-hybridized carbons (Fsp3) is 0.118. The Morgan fingerprint density at radius 3 is 2.92 bits per heavy atom. The van der Waals surface area contributed by atoms with Gasteiger partial charge in [-0.15, -0.1) is 10.2 Å². The molecule has 2 N–H and O–H groups in total. The van der Waals surface area contributed by atoms with Crippen LogP contribution in [0.25, 0.3) is 5.65 Å². The SMILES string of the molecule is O=C(NCc1nnc2ccccn12)c1ccccc1CSc1ncn[nH]1. The second-order valence-electron chi connectivity index (χ2n) is 5.46. The molecule has 9 heteroatoms. The maximum atomic E-state index is 12.6. The summed E-state index contributed by atoms with van der Waals surface area (Å²) in [4.78, 5) is 16.7. The smallest absolute Gasteiger partial charge is 0.251 e. The van der Waals surface area contributed by atoms with Gasteiger partial charge in [0.15, 0.2) is 16.6 Å². The number of thioether (sulfide) groups is 1. The third-order valence-electron chi connectivity index (χ3n) is 3.81. The highest BCUT2D eigenvalue weighted by molar-refractivity contribution is 7.98. The number of benzene rings is 1. The van der Waals surface area contributed by atoms with E-state index in [4.69, 9.17) is 0 Å².